The summed E-state index contributed by atoms with van der Waals surface area (Å²) in [6.07, 6.45) is 1.56. The number of rotatable bonds is 1. The van der Waals surface area contributed by atoms with E-state index in [1.54, 1.807) is 17.9 Å². The fourth-order valence-corrected chi connectivity index (χ4v) is 2.21. The van der Waals surface area contributed by atoms with Crippen LogP contribution in [0.4, 0.5) is 0 Å². The summed E-state index contributed by atoms with van der Waals surface area (Å²) in [4.78, 5) is 20.3. The van der Waals surface area contributed by atoms with Gasteiger partial charge in [-0.2, -0.15) is 9.66 Å². The third-order valence-electron chi connectivity index (χ3n) is 3.02. The molecule has 0 aliphatic carbocycles. The number of nitrogens with zero attached hydrogens (tertiary/aromatic N) is 5. The van der Waals surface area contributed by atoms with Crippen LogP contribution in [-0.2, 0) is 11.8 Å². The molecular formula is C10H12ClN5O2. The Labute approximate surface area is 108 Å². The molecule has 3 rings (SSSR count). The molecule has 18 heavy (non-hydrogen) atoms. The van der Waals surface area contributed by atoms with E-state index in [4.69, 9.17) is 16.3 Å². The van der Waals surface area contributed by atoms with Gasteiger partial charge in [0.1, 0.15) is 5.52 Å². The summed E-state index contributed by atoms with van der Waals surface area (Å²) in [6, 6.07) is 0. The summed E-state index contributed by atoms with van der Waals surface area (Å²) in [5, 5.41) is 2.05. The van der Waals surface area contributed by atoms with Gasteiger partial charge in [-0.25, -0.2) is 9.78 Å². The number of imidazole rings is 1. The molecule has 7 nitrogen and oxygen atoms in total. The lowest BCUT2D eigenvalue weighted by atomic mass is 10.5. The molecule has 0 N–H and O–H groups in total. The molecule has 0 aromatic carbocycles. The van der Waals surface area contributed by atoms with Crippen molar-refractivity contribution in [1.29, 1.82) is 0 Å². The van der Waals surface area contributed by atoms with Gasteiger partial charge >= 0.3 is 5.69 Å². The first kappa shape index (κ1) is 11.5. The van der Waals surface area contributed by atoms with E-state index >= 15 is 0 Å². The number of hydrogen-bond acceptors (Lipinski definition) is 5. The Morgan fingerprint density at radius 2 is 2.11 bits per heavy atom. The highest BCUT2D eigenvalue weighted by Crippen LogP contribution is 2.12. The number of halogens is 1. The van der Waals surface area contributed by atoms with Gasteiger partial charge in [0.2, 0.25) is 5.28 Å². The number of fused-ring (bicyclic) bond motifs is 1. The highest BCUT2D eigenvalue weighted by atomic mass is 35.5. The first-order valence-corrected chi connectivity index (χ1v) is 5.99. The average molecular weight is 270 g/mol. The van der Waals surface area contributed by atoms with E-state index in [1.807, 2.05) is 5.01 Å². The van der Waals surface area contributed by atoms with Crippen LogP contribution in [0.25, 0.3) is 11.2 Å². The number of aromatic nitrogens is 4. The highest BCUT2D eigenvalue weighted by Gasteiger charge is 2.20. The predicted molar refractivity (Wildman–Crippen MR) is 66.5 cm³/mol. The Morgan fingerprint density at radius 3 is 2.83 bits per heavy atom. The minimum absolute atomic E-state index is 0.134. The van der Waals surface area contributed by atoms with Crippen molar-refractivity contribution < 1.29 is 4.74 Å². The molecule has 0 amide bonds. The molecule has 0 spiro atoms. The van der Waals surface area contributed by atoms with Crippen LogP contribution in [0.3, 0.4) is 0 Å². The summed E-state index contributed by atoms with van der Waals surface area (Å²) >= 11 is 5.80. The summed E-state index contributed by atoms with van der Waals surface area (Å²) in [5.41, 5.74) is 1.05. The molecule has 3 heterocycles. The van der Waals surface area contributed by atoms with Crippen molar-refractivity contribution in [2.45, 2.75) is 0 Å². The van der Waals surface area contributed by atoms with Gasteiger partial charge in [-0.15, -0.1) is 0 Å². The van der Waals surface area contributed by atoms with E-state index in [0.29, 0.717) is 37.5 Å². The molecule has 2 aromatic heterocycles. The van der Waals surface area contributed by atoms with E-state index in [9.17, 15) is 4.79 Å². The first-order valence-electron chi connectivity index (χ1n) is 5.61. The Morgan fingerprint density at radius 1 is 1.39 bits per heavy atom. The van der Waals surface area contributed by atoms with Gasteiger partial charge in [0.25, 0.3) is 0 Å². The van der Waals surface area contributed by atoms with E-state index in [0.717, 1.165) is 0 Å². The van der Waals surface area contributed by atoms with Crippen molar-refractivity contribution in [2.75, 3.05) is 31.3 Å². The van der Waals surface area contributed by atoms with Crippen LogP contribution in [0.1, 0.15) is 0 Å². The maximum absolute atomic E-state index is 12.2. The molecule has 1 fully saturated rings. The van der Waals surface area contributed by atoms with Crippen LogP contribution in [0.5, 0.6) is 0 Å². The van der Waals surface area contributed by atoms with Crippen LogP contribution in [0.15, 0.2) is 11.0 Å². The van der Waals surface area contributed by atoms with Crippen molar-refractivity contribution in [2.24, 2.45) is 7.05 Å². The smallest absolute Gasteiger partial charge is 0.349 e. The third-order valence-corrected chi connectivity index (χ3v) is 3.20. The predicted octanol–water partition coefficient (Wildman–Crippen LogP) is -0.248. The zero-order valence-electron chi connectivity index (χ0n) is 9.84. The summed E-state index contributed by atoms with van der Waals surface area (Å²) in [6.45, 7) is 2.50. The standard InChI is InChI=1S/C10H12ClN5O2/c1-14-7-6-12-9(11)13-8(7)16(10(14)17)15-2-4-18-5-3-15/h6H,2-5H2,1H3. The second-order valence-electron chi connectivity index (χ2n) is 4.07. The van der Waals surface area contributed by atoms with Crippen LogP contribution >= 0.6 is 11.6 Å². The summed E-state index contributed by atoms with van der Waals surface area (Å²) in [7, 11) is 1.69. The fraction of sp³-hybridized carbons (Fsp3) is 0.500. The monoisotopic (exact) mass is 269 g/mol. The zero-order chi connectivity index (χ0) is 12.7. The molecular weight excluding hydrogens is 258 g/mol. The summed E-state index contributed by atoms with van der Waals surface area (Å²) in [5.74, 6) is 0. The molecule has 1 saturated heterocycles. The lowest BCUT2D eigenvalue weighted by molar-refractivity contribution is 0.111. The van der Waals surface area contributed by atoms with Crippen molar-refractivity contribution in [3.05, 3.63) is 22.0 Å². The van der Waals surface area contributed by atoms with Gasteiger partial charge in [0, 0.05) is 7.05 Å². The molecule has 2 aromatic rings. The molecule has 1 aliphatic heterocycles. The SMILES string of the molecule is Cn1c(=O)n(N2CCOCC2)c2nc(Cl)ncc21. The average Bonchev–Trinajstić information content (AvgIpc) is 2.63. The summed E-state index contributed by atoms with van der Waals surface area (Å²) < 4.78 is 8.34. The molecule has 0 unspecified atom stereocenters. The van der Waals surface area contributed by atoms with Crippen LogP contribution < -0.4 is 10.7 Å². The second-order valence-corrected chi connectivity index (χ2v) is 4.41. The minimum Gasteiger partial charge on any atom is -0.378 e. The van der Waals surface area contributed by atoms with E-state index < -0.39 is 0 Å². The lowest BCUT2D eigenvalue weighted by Crippen LogP contribution is -2.48. The number of aryl methyl sites for hydroxylation is 1. The van der Waals surface area contributed by atoms with Crippen molar-refractivity contribution >= 4 is 22.8 Å². The van der Waals surface area contributed by atoms with Gasteiger partial charge in [-0.1, -0.05) is 0 Å². The van der Waals surface area contributed by atoms with Crippen molar-refractivity contribution in [1.82, 2.24) is 19.2 Å². The molecule has 0 bridgehead atoms. The minimum atomic E-state index is -0.150. The highest BCUT2D eigenvalue weighted by molar-refractivity contribution is 6.28. The lowest BCUT2D eigenvalue weighted by Gasteiger charge is -2.28. The van der Waals surface area contributed by atoms with Crippen LogP contribution in [0.2, 0.25) is 5.28 Å². The fourth-order valence-electron chi connectivity index (χ4n) is 2.08. The van der Waals surface area contributed by atoms with Crippen LogP contribution in [-0.4, -0.2) is 45.5 Å². The number of hydrogen-bond donors (Lipinski definition) is 0. The topological polar surface area (TPSA) is 65.2 Å². The van der Waals surface area contributed by atoms with E-state index in [1.165, 1.54) is 4.57 Å². The maximum Gasteiger partial charge on any atom is 0.349 e. The molecule has 1 aliphatic rings. The Hall–Kier alpha value is -1.60. The number of morpholine rings is 1. The molecule has 0 saturated carbocycles. The van der Waals surface area contributed by atoms with Crippen molar-refractivity contribution in [3.8, 4) is 0 Å². The molecule has 96 valence electrons. The second kappa shape index (κ2) is 4.25. The van der Waals surface area contributed by atoms with Gasteiger partial charge in [0.15, 0.2) is 5.65 Å². The zero-order valence-corrected chi connectivity index (χ0v) is 10.6. The van der Waals surface area contributed by atoms with Gasteiger partial charge < -0.3 is 9.75 Å². The maximum atomic E-state index is 12.2. The quantitative estimate of drug-likeness (QED) is 0.668. The Balaban J connectivity index is 2.23. The molecule has 0 atom stereocenters. The Kier molecular flexibility index (Phi) is 2.71. The van der Waals surface area contributed by atoms with Gasteiger partial charge in [-0.3, -0.25) is 4.57 Å². The number of ether oxygens (including phenoxy) is 1. The van der Waals surface area contributed by atoms with Gasteiger partial charge in [-0.05, 0) is 11.6 Å². The third kappa shape index (κ3) is 1.67. The van der Waals surface area contributed by atoms with E-state index in [2.05, 4.69) is 9.97 Å². The molecule has 0 radical (unpaired) electrons. The largest absolute Gasteiger partial charge is 0.378 e. The van der Waals surface area contributed by atoms with Crippen LogP contribution in [0, 0.1) is 0 Å². The van der Waals surface area contributed by atoms with E-state index in [-0.39, 0.29) is 11.0 Å². The molecule has 8 heteroatoms. The first-order chi connectivity index (χ1) is 8.68. The van der Waals surface area contributed by atoms with Gasteiger partial charge in [0.05, 0.1) is 32.5 Å². The van der Waals surface area contributed by atoms with Crippen molar-refractivity contribution in [3.63, 3.8) is 0 Å². The normalized spacial score (nSPS) is 16.4. The Bertz CT molecular complexity index is 643.